The van der Waals surface area contributed by atoms with E-state index in [4.69, 9.17) is 10.5 Å². The minimum Gasteiger partial charge on any atom is -0.399 e. The van der Waals surface area contributed by atoms with E-state index in [2.05, 4.69) is 0 Å². The number of sulfonamides is 1. The van der Waals surface area contributed by atoms with Gasteiger partial charge in [-0.25, -0.2) is 8.42 Å². The molecule has 1 aromatic rings. The topological polar surface area (TPSA) is 72.6 Å². The number of hydrogen-bond acceptors (Lipinski definition) is 4. The standard InChI is InChI=1S/C13H20N2O3S/c1-18-8-3-9-19(16,17)15-7-2-4-11-10-12(14)5-6-13(11)15/h5-6,10H,2-4,7-9,14H2,1H3. The van der Waals surface area contributed by atoms with Crippen molar-refractivity contribution in [2.75, 3.05) is 36.1 Å². The van der Waals surface area contributed by atoms with E-state index in [0.29, 0.717) is 25.3 Å². The number of nitrogen functional groups attached to an aromatic ring is 1. The fourth-order valence-corrected chi connectivity index (χ4v) is 3.96. The van der Waals surface area contributed by atoms with E-state index in [1.165, 1.54) is 4.31 Å². The smallest absolute Gasteiger partial charge is 0.235 e. The lowest BCUT2D eigenvalue weighted by Crippen LogP contribution is -2.37. The van der Waals surface area contributed by atoms with Crippen LogP contribution in [0.4, 0.5) is 11.4 Å². The summed E-state index contributed by atoms with van der Waals surface area (Å²) in [7, 11) is -1.69. The van der Waals surface area contributed by atoms with Gasteiger partial charge in [0.2, 0.25) is 10.0 Å². The van der Waals surface area contributed by atoms with Crippen LogP contribution < -0.4 is 10.0 Å². The van der Waals surface area contributed by atoms with Gasteiger partial charge in [0.1, 0.15) is 0 Å². The van der Waals surface area contributed by atoms with Gasteiger partial charge in [0.05, 0.1) is 11.4 Å². The molecule has 0 aliphatic carbocycles. The SMILES string of the molecule is COCCCS(=O)(=O)N1CCCc2cc(N)ccc21. The van der Waals surface area contributed by atoms with Crippen LogP contribution >= 0.6 is 0 Å². The quantitative estimate of drug-likeness (QED) is 0.655. The molecule has 0 saturated carbocycles. The normalized spacial score (nSPS) is 15.3. The Bertz CT molecular complexity index is 543. The minimum absolute atomic E-state index is 0.116. The number of methoxy groups -OCH3 is 1. The van der Waals surface area contributed by atoms with Crippen molar-refractivity contribution in [3.05, 3.63) is 23.8 Å². The zero-order chi connectivity index (χ0) is 13.9. The Balaban J connectivity index is 2.23. The van der Waals surface area contributed by atoms with E-state index in [1.54, 1.807) is 19.2 Å². The molecule has 106 valence electrons. The van der Waals surface area contributed by atoms with E-state index in [1.807, 2.05) is 6.07 Å². The van der Waals surface area contributed by atoms with Crippen LogP contribution in [0.2, 0.25) is 0 Å². The van der Waals surface area contributed by atoms with Crippen LogP contribution in [0.5, 0.6) is 0 Å². The molecule has 0 aromatic heterocycles. The van der Waals surface area contributed by atoms with Gasteiger partial charge in [-0.15, -0.1) is 0 Å². The number of anilines is 2. The van der Waals surface area contributed by atoms with Crippen molar-refractivity contribution < 1.29 is 13.2 Å². The van der Waals surface area contributed by atoms with Crippen molar-refractivity contribution in [2.45, 2.75) is 19.3 Å². The summed E-state index contributed by atoms with van der Waals surface area (Å²) in [6, 6.07) is 5.42. The first kappa shape index (κ1) is 14.1. The van der Waals surface area contributed by atoms with E-state index in [9.17, 15) is 8.42 Å². The zero-order valence-electron chi connectivity index (χ0n) is 11.1. The third-order valence-electron chi connectivity index (χ3n) is 3.27. The van der Waals surface area contributed by atoms with Crippen molar-refractivity contribution in [2.24, 2.45) is 0 Å². The molecule has 0 bridgehead atoms. The van der Waals surface area contributed by atoms with Crippen LogP contribution in [0.15, 0.2) is 18.2 Å². The maximum absolute atomic E-state index is 12.3. The van der Waals surface area contributed by atoms with Crippen LogP contribution in [-0.4, -0.2) is 34.4 Å². The summed E-state index contributed by atoms with van der Waals surface area (Å²) < 4.78 is 31.1. The number of hydrogen-bond donors (Lipinski definition) is 1. The number of ether oxygens (including phenoxy) is 1. The van der Waals surface area contributed by atoms with Crippen LogP contribution in [0.1, 0.15) is 18.4 Å². The molecule has 1 aliphatic rings. The number of nitrogens with zero attached hydrogens (tertiary/aromatic N) is 1. The molecule has 0 saturated heterocycles. The maximum atomic E-state index is 12.3. The third kappa shape index (κ3) is 3.19. The molecule has 19 heavy (non-hydrogen) atoms. The highest BCUT2D eigenvalue weighted by atomic mass is 32.2. The predicted molar refractivity (Wildman–Crippen MR) is 76.8 cm³/mol. The zero-order valence-corrected chi connectivity index (χ0v) is 11.9. The second-order valence-corrected chi connectivity index (χ2v) is 6.74. The highest BCUT2D eigenvalue weighted by Crippen LogP contribution is 2.31. The molecule has 0 fully saturated rings. The Labute approximate surface area is 114 Å². The first-order valence-electron chi connectivity index (χ1n) is 6.42. The number of nitrogens with two attached hydrogens (primary N) is 1. The number of rotatable bonds is 5. The second kappa shape index (κ2) is 5.79. The lowest BCUT2D eigenvalue weighted by atomic mass is 10.0. The lowest BCUT2D eigenvalue weighted by molar-refractivity contribution is 0.199. The number of aryl methyl sites for hydroxylation is 1. The molecule has 0 atom stereocenters. The minimum atomic E-state index is -3.27. The molecular weight excluding hydrogens is 264 g/mol. The highest BCUT2D eigenvalue weighted by molar-refractivity contribution is 7.92. The Morgan fingerprint density at radius 3 is 2.95 bits per heavy atom. The van der Waals surface area contributed by atoms with Crippen LogP contribution in [0, 0.1) is 0 Å². The molecule has 2 N–H and O–H groups in total. The Morgan fingerprint density at radius 2 is 2.21 bits per heavy atom. The summed E-state index contributed by atoms with van der Waals surface area (Å²) in [6.45, 7) is 1.01. The molecule has 5 nitrogen and oxygen atoms in total. The van der Waals surface area contributed by atoms with Gasteiger partial charge in [-0.05, 0) is 43.0 Å². The molecule has 6 heteroatoms. The molecule has 2 rings (SSSR count). The highest BCUT2D eigenvalue weighted by Gasteiger charge is 2.26. The van der Waals surface area contributed by atoms with Gasteiger partial charge in [-0.1, -0.05) is 0 Å². The average Bonchev–Trinajstić information content (AvgIpc) is 2.37. The predicted octanol–water partition coefficient (Wildman–Crippen LogP) is 1.39. The molecule has 0 spiro atoms. The maximum Gasteiger partial charge on any atom is 0.235 e. The van der Waals surface area contributed by atoms with Gasteiger partial charge in [-0.2, -0.15) is 0 Å². The number of fused-ring (bicyclic) bond motifs is 1. The van der Waals surface area contributed by atoms with Crippen LogP contribution in [0.25, 0.3) is 0 Å². The Kier molecular flexibility index (Phi) is 4.31. The second-order valence-electron chi connectivity index (χ2n) is 4.73. The number of benzene rings is 1. The molecule has 0 amide bonds. The monoisotopic (exact) mass is 284 g/mol. The molecule has 0 radical (unpaired) electrons. The van der Waals surface area contributed by atoms with Crippen LogP contribution in [-0.2, 0) is 21.2 Å². The van der Waals surface area contributed by atoms with E-state index in [-0.39, 0.29) is 5.75 Å². The molecular formula is C13H20N2O3S. The van der Waals surface area contributed by atoms with Crippen molar-refractivity contribution in [3.8, 4) is 0 Å². The van der Waals surface area contributed by atoms with Gasteiger partial charge in [0, 0.05) is 25.9 Å². The molecule has 0 unspecified atom stereocenters. The van der Waals surface area contributed by atoms with Crippen LogP contribution in [0.3, 0.4) is 0 Å². The molecule has 1 aliphatic heterocycles. The fourth-order valence-electron chi connectivity index (χ4n) is 2.37. The van der Waals surface area contributed by atoms with Gasteiger partial charge in [0.15, 0.2) is 0 Å². The summed E-state index contributed by atoms with van der Waals surface area (Å²) in [6.07, 6.45) is 2.23. The van der Waals surface area contributed by atoms with Crippen molar-refractivity contribution in [3.63, 3.8) is 0 Å². The van der Waals surface area contributed by atoms with Crippen molar-refractivity contribution >= 4 is 21.4 Å². The first-order chi connectivity index (χ1) is 9.04. The van der Waals surface area contributed by atoms with E-state index >= 15 is 0 Å². The van der Waals surface area contributed by atoms with E-state index < -0.39 is 10.0 Å². The third-order valence-corrected chi connectivity index (χ3v) is 5.12. The molecule has 1 aromatic carbocycles. The van der Waals surface area contributed by atoms with E-state index in [0.717, 1.165) is 24.1 Å². The Hall–Kier alpha value is -1.27. The first-order valence-corrected chi connectivity index (χ1v) is 8.03. The van der Waals surface area contributed by atoms with Crippen molar-refractivity contribution in [1.82, 2.24) is 0 Å². The summed E-state index contributed by atoms with van der Waals surface area (Å²) in [5, 5.41) is 0. The molecule has 1 heterocycles. The lowest BCUT2D eigenvalue weighted by Gasteiger charge is -2.30. The van der Waals surface area contributed by atoms with Gasteiger partial charge < -0.3 is 10.5 Å². The van der Waals surface area contributed by atoms with Gasteiger partial charge >= 0.3 is 0 Å². The summed E-state index contributed by atoms with van der Waals surface area (Å²) in [5.74, 6) is 0.116. The average molecular weight is 284 g/mol. The Morgan fingerprint density at radius 1 is 1.42 bits per heavy atom. The summed E-state index contributed by atoms with van der Waals surface area (Å²) >= 11 is 0. The van der Waals surface area contributed by atoms with Gasteiger partial charge in [0.25, 0.3) is 0 Å². The fraction of sp³-hybridized carbons (Fsp3) is 0.538. The largest absolute Gasteiger partial charge is 0.399 e. The van der Waals surface area contributed by atoms with Gasteiger partial charge in [-0.3, -0.25) is 4.31 Å². The summed E-state index contributed by atoms with van der Waals surface area (Å²) in [5.41, 5.74) is 8.22. The summed E-state index contributed by atoms with van der Waals surface area (Å²) in [4.78, 5) is 0. The van der Waals surface area contributed by atoms with Crippen molar-refractivity contribution in [1.29, 1.82) is 0 Å².